The van der Waals surface area contributed by atoms with E-state index in [1.165, 1.54) is 0 Å². The molecule has 0 unspecified atom stereocenters. The molecule has 0 aromatic heterocycles. The number of nitrogens with zero attached hydrogens (tertiary/aromatic N) is 1. The normalized spacial score (nSPS) is 9.35. The molecular weight excluding hydrogens is 258 g/mol. The fraction of sp³-hybridized carbons (Fsp3) is 0.333. The lowest BCUT2D eigenvalue weighted by atomic mass is 10.2. The second-order valence-electron chi connectivity index (χ2n) is 3.88. The number of aryl methyl sites for hydroxylation is 1. The molecule has 0 fully saturated rings. The van der Waals surface area contributed by atoms with Gasteiger partial charge in [0.2, 0.25) is 5.57 Å². The first-order valence-corrected chi connectivity index (χ1v) is 6.33. The Morgan fingerprint density at radius 2 is 1.55 bits per heavy atom. The third-order valence-electron chi connectivity index (χ3n) is 2.29. The zero-order valence-electron chi connectivity index (χ0n) is 11.8. The number of hydrogen-bond acceptors (Lipinski definition) is 5. The van der Waals surface area contributed by atoms with Gasteiger partial charge >= 0.3 is 11.9 Å². The molecule has 0 aliphatic carbocycles. The summed E-state index contributed by atoms with van der Waals surface area (Å²) >= 11 is 0. The maximum absolute atomic E-state index is 11.7. The predicted molar refractivity (Wildman–Crippen MR) is 75.1 cm³/mol. The molecule has 5 heteroatoms. The summed E-state index contributed by atoms with van der Waals surface area (Å²) in [5.41, 5.74) is 1.33. The molecule has 5 nitrogen and oxygen atoms in total. The highest BCUT2D eigenvalue weighted by Crippen LogP contribution is 2.11. The molecule has 0 saturated heterocycles. The molecule has 20 heavy (non-hydrogen) atoms. The first kappa shape index (κ1) is 15.7. The quantitative estimate of drug-likeness (QED) is 0.272. The van der Waals surface area contributed by atoms with Crippen molar-refractivity contribution in [2.45, 2.75) is 20.8 Å². The summed E-state index contributed by atoms with van der Waals surface area (Å²) < 4.78 is 9.56. The Balaban J connectivity index is 3.07. The molecule has 0 atom stereocenters. The predicted octanol–water partition coefficient (Wildman–Crippen LogP) is 2.35. The van der Waals surface area contributed by atoms with Gasteiger partial charge in [-0.15, -0.1) is 0 Å². The van der Waals surface area contributed by atoms with E-state index in [9.17, 15) is 9.59 Å². The minimum atomic E-state index is -0.790. The van der Waals surface area contributed by atoms with E-state index in [0.29, 0.717) is 5.69 Å². The maximum Gasteiger partial charge on any atom is 0.355 e. The van der Waals surface area contributed by atoms with E-state index in [2.05, 4.69) is 10.9 Å². The Labute approximate surface area is 117 Å². The van der Waals surface area contributed by atoms with Gasteiger partial charge in [0.1, 0.15) is 0 Å². The fourth-order valence-corrected chi connectivity index (χ4v) is 1.32. The zero-order chi connectivity index (χ0) is 15.0. The molecule has 106 valence electrons. The largest absolute Gasteiger partial charge is 0.462 e. The van der Waals surface area contributed by atoms with E-state index >= 15 is 0 Å². The third kappa shape index (κ3) is 4.71. The van der Waals surface area contributed by atoms with Gasteiger partial charge in [0, 0.05) is 5.87 Å². The minimum absolute atomic E-state index is 0.161. The number of aliphatic imine (C=N–C) groups is 1. The molecule has 0 aliphatic rings. The summed E-state index contributed by atoms with van der Waals surface area (Å²) in [6.07, 6.45) is 0. The molecule has 0 saturated carbocycles. The molecule has 0 amide bonds. The van der Waals surface area contributed by atoms with Crippen molar-refractivity contribution in [2.24, 2.45) is 4.99 Å². The van der Waals surface area contributed by atoms with Gasteiger partial charge < -0.3 is 9.47 Å². The lowest BCUT2D eigenvalue weighted by Gasteiger charge is -2.03. The number of ether oxygens (including phenoxy) is 2. The van der Waals surface area contributed by atoms with Crippen LogP contribution in [0, 0.1) is 6.92 Å². The maximum atomic E-state index is 11.7. The Bertz CT molecular complexity index is 519. The van der Waals surface area contributed by atoms with E-state index in [-0.39, 0.29) is 18.8 Å². The highest BCUT2D eigenvalue weighted by atomic mass is 16.6. The molecule has 1 rings (SSSR count). The smallest absolute Gasteiger partial charge is 0.355 e. The molecule has 0 radical (unpaired) electrons. The lowest BCUT2D eigenvalue weighted by molar-refractivity contribution is -0.146. The van der Waals surface area contributed by atoms with Crippen molar-refractivity contribution in [1.82, 2.24) is 0 Å². The van der Waals surface area contributed by atoms with Crippen molar-refractivity contribution in [3.8, 4) is 0 Å². The van der Waals surface area contributed by atoms with Gasteiger partial charge in [0.15, 0.2) is 0 Å². The van der Waals surface area contributed by atoms with Crippen LogP contribution < -0.4 is 0 Å². The summed E-state index contributed by atoms with van der Waals surface area (Å²) in [5.74, 6) is 0.837. The van der Waals surface area contributed by atoms with E-state index in [1.54, 1.807) is 26.0 Å². The van der Waals surface area contributed by atoms with Gasteiger partial charge in [-0.05, 0) is 32.9 Å². The summed E-state index contributed by atoms with van der Waals surface area (Å²) in [6.45, 7) is 5.57. The topological polar surface area (TPSA) is 65.0 Å². The summed E-state index contributed by atoms with van der Waals surface area (Å²) in [4.78, 5) is 27.3. The SMILES string of the molecule is CCOC(=O)C(=C=Nc1ccc(C)cc1)C(=O)OCC. The Hall–Kier alpha value is -2.39. The summed E-state index contributed by atoms with van der Waals surface area (Å²) in [6, 6.07) is 7.26. The van der Waals surface area contributed by atoms with Crippen LogP contribution in [0.4, 0.5) is 5.69 Å². The molecule has 1 aromatic carbocycles. The van der Waals surface area contributed by atoms with Gasteiger partial charge in [0.25, 0.3) is 0 Å². The zero-order valence-corrected chi connectivity index (χ0v) is 11.8. The van der Waals surface area contributed by atoms with Crippen molar-refractivity contribution in [2.75, 3.05) is 13.2 Å². The highest BCUT2D eigenvalue weighted by Gasteiger charge is 2.21. The minimum Gasteiger partial charge on any atom is -0.462 e. The molecular formula is C15H17NO4. The average Bonchev–Trinajstić information content (AvgIpc) is 2.42. The van der Waals surface area contributed by atoms with Gasteiger partial charge in [0.05, 0.1) is 18.9 Å². The van der Waals surface area contributed by atoms with Gasteiger partial charge in [-0.1, -0.05) is 17.7 Å². The Morgan fingerprint density at radius 3 is 2.00 bits per heavy atom. The molecule has 0 spiro atoms. The monoisotopic (exact) mass is 275 g/mol. The van der Waals surface area contributed by atoms with Crippen LogP contribution in [0.2, 0.25) is 0 Å². The lowest BCUT2D eigenvalue weighted by Crippen LogP contribution is -2.18. The average molecular weight is 275 g/mol. The van der Waals surface area contributed by atoms with E-state index < -0.39 is 11.9 Å². The number of benzene rings is 1. The van der Waals surface area contributed by atoms with E-state index in [1.807, 2.05) is 19.1 Å². The van der Waals surface area contributed by atoms with Crippen molar-refractivity contribution in [1.29, 1.82) is 0 Å². The fourth-order valence-electron chi connectivity index (χ4n) is 1.32. The second kappa shape index (κ2) is 7.92. The number of carbonyl (C=O) groups excluding carboxylic acids is 2. The number of rotatable bonds is 5. The molecule has 0 bridgehead atoms. The van der Waals surface area contributed by atoms with Gasteiger partial charge in [-0.2, -0.15) is 0 Å². The van der Waals surface area contributed by atoms with Crippen LogP contribution in [-0.4, -0.2) is 31.0 Å². The Morgan fingerprint density at radius 1 is 1.05 bits per heavy atom. The first-order valence-electron chi connectivity index (χ1n) is 6.33. The first-order chi connectivity index (χ1) is 9.58. The number of esters is 2. The van der Waals surface area contributed by atoms with Crippen LogP contribution in [0.3, 0.4) is 0 Å². The molecule has 0 aliphatic heterocycles. The van der Waals surface area contributed by atoms with Crippen molar-refractivity contribution in [3.63, 3.8) is 0 Å². The van der Waals surface area contributed by atoms with Crippen LogP contribution in [0.1, 0.15) is 19.4 Å². The number of hydrogen-bond donors (Lipinski definition) is 0. The highest BCUT2D eigenvalue weighted by molar-refractivity contribution is 6.21. The second-order valence-corrected chi connectivity index (χ2v) is 3.88. The van der Waals surface area contributed by atoms with Crippen LogP contribution in [0.25, 0.3) is 0 Å². The van der Waals surface area contributed by atoms with E-state index in [4.69, 9.17) is 9.47 Å². The van der Waals surface area contributed by atoms with Crippen molar-refractivity contribution >= 4 is 23.5 Å². The third-order valence-corrected chi connectivity index (χ3v) is 2.29. The number of carbonyl (C=O) groups is 2. The van der Waals surface area contributed by atoms with Crippen LogP contribution in [0.15, 0.2) is 34.8 Å². The summed E-state index contributed by atoms with van der Waals surface area (Å²) in [5, 5.41) is 0. The van der Waals surface area contributed by atoms with Crippen molar-refractivity contribution < 1.29 is 19.1 Å². The molecule has 1 aromatic rings. The summed E-state index contributed by atoms with van der Waals surface area (Å²) in [7, 11) is 0. The standard InChI is InChI=1S/C15H17NO4/c1-4-19-14(17)13(15(18)20-5-2)10-16-12-8-6-11(3)7-9-12/h6-9H,4-5H2,1-3H3. The Kier molecular flexibility index (Phi) is 6.20. The van der Waals surface area contributed by atoms with Crippen LogP contribution in [-0.2, 0) is 19.1 Å². The van der Waals surface area contributed by atoms with Crippen LogP contribution >= 0.6 is 0 Å². The van der Waals surface area contributed by atoms with Gasteiger partial charge in [-0.3, -0.25) is 0 Å². The van der Waals surface area contributed by atoms with Gasteiger partial charge in [-0.25, -0.2) is 14.6 Å². The molecule has 0 heterocycles. The van der Waals surface area contributed by atoms with Crippen LogP contribution in [0.5, 0.6) is 0 Å². The van der Waals surface area contributed by atoms with E-state index in [0.717, 1.165) is 5.56 Å². The molecule has 0 N–H and O–H groups in total. The van der Waals surface area contributed by atoms with Crippen molar-refractivity contribution in [3.05, 3.63) is 35.4 Å².